The first-order chi connectivity index (χ1) is 15.1. The molecule has 7 nitrogen and oxygen atoms in total. The van der Waals surface area contributed by atoms with Gasteiger partial charge >= 0.3 is 6.18 Å². The number of hydrogen-bond donors (Lipinski definition) is 0. The van der Waals surface area contributed by atoms with E-state index in [9.17, 15) is 18.0 Å². The van der Waals surface area contributed by atoms with Crippen molar-refractivity contribution in [1.29, 1.82) is 0 Å². The molecule has 3 aliphatic heterocycles. The second-order valence-corrected chi connectivity index (χ2v) is 9.50. The lowest BCUT2D eigenvalue weighted by molar-refractivity contribution is -0.153. The van der Waals surface area contributed by atoms with Crippen LogP contribution in [0.5, 0.6) is 0 Å². The van der Waals surface area contributed by atoms with Gasteiger partial charge in [0.2, 0.25) is 5.95 Å². The lowest BCUT2D eigenvalue weighted by Crippen LogP contribution is -2.55. The average molecular weight is 449 g/mol. The highest BCUT2D eigenvalue weighted by Crippen LogP contribution is 2.38. The molecule has 0 spiro atoms. The van der Waals surface area contributed by atoms with Crippen molar-refractivity contribution in [3.63, 3.8) is 0 Å². The fraction of sp³-hybridized carbons (Fsp3) is 0.591. The molecule has 0 radical (unpaired) electrons. The van der Waals surface area contributed by atoms with E-state index in [2.05, 4.69) is 9.97 Å². The molecule has 2 aromatic rings. The summed E-state index contributed by atoms with van der Waals surface area (Å²) >= 11 is 0. The predicted molar refractivity (Wildman–Crippen MR) is 113 cm³/mol. The Labute approximate surface area is 183 Å². The van der Waals surface area contributed by atoms with Crippen LogP contribution in [-0.4, -0.2) is 58.6 Å². The Balaban J connectivity index is 1.57. The molecule has 0 aromatic carbocycles. The van der Waals surface area contributed by atoms with Gasteiger partial charge in [-0.25, -0.2) is 0 Å². The molecule has 0 amide bonds. The van der Waals surface area contributed by atoms with E-state index < -0.39 is 17.6 Å². The third-order valence-electron chi connectivity index (χ3n) is 6.83. The van der Waals surface area contributed by atoms with Gasteiger partial charge in [-0.05, 0) is 30.5 Å². The fourth-order valence-electron chi connectivity index (χ4n) is 5.13. The van der Waals surface area contributed by atoms with Gasteiger partial charge in [0.1, 0.15) is 11.9 Å². The van der Waals surface area contributed by atoms with Gasteiger partial charge in [0, 0.05) is 43.5 Å². The molecule has 3 aliphatic rings. The molecule has 10 heteroatoms. The van der Waals surface area contributed by atoms with Crippen molar-refractivity contribution in [3.05, 3.63) is 46.5 Å². The Morgan fingerprint density at radius 2 is 1.97 bits per heavy atom. The summed E-state index contributed by atoms with van der Waals surface area (Å²) in [5.41, 5.74) is -0.0674. The zero-order valence-corrected chi connectivity index (χ0v) is 18.0. The lowest BCUT2D eigenvalue weighted by atomic mass is 9.84. The van der Waals surface area contributed by atoms with E-state index in [0.717, 1.165) is 12.0 Å². The highest BCUT2D eigenvalue weighted by atomic mass is 19.4. The quantitative estimate of drug-likeness (QED) is 0.716. The SMILES string of the molecule is CC(C)(CN1c2nc(N3C[C@H]4C[C@H]3CO4)cc(=O)n2CC[C@H]1C(F)(F)F)c1ccncc1. The third-order valence-corrected chi connectivity index (χ3v) is 6.83. The van der Waals surface area contributed by atoms with Gasteiger partial charge in [0.25, 0.3) is 5.56 Å². The first-order valence-electron chi connectivity index (χ1n) is 10.9. The monoisotopic (exact) mass is 449 g/mol. The number of nitrogens with zero attached hydrogens (tertiary/aromatic N) is 5. The van der Waals surface area contributed by atoms with Gasteiger partial charge in [-0.3, -0.25) is 14.3 Å². The van der Waals surface area contributed by atoms with E-state index in [0.29, 0.717) is 19.0 Å². The minimum Gasteiger partial charge on any atom is -0.374 e. The first kappa shape index (κ1) is 21.2. The lowest BCUT2D eigenvalue weighted by Gasteiger charge is -2.43. The molecule has 2 bridgehead atoms. The van der Waals surface area contributed by atoms with Crippen molar-refractivity contribution in [2.24, 2.45) is 0 Å². The van der Waals surface area contributed by atoms with Crippen molar-refractivity contribution in [1.82, 2.24) is 14.5 Å². The third kappa shape index (κ3) is 3.64. The first-order valence-corrected chi connectivity index (χ1v) is 10.9. The molecule has 0 N–H and O–H groups in total. The van der Waals surface area contributed by atoms with Crippen LogP contribution in [0, 0.1) is 0 Å². The van der Waals surface area contributed by atoms with Crippen molar-refractivity contribution >= 4 is 11.8 Å². The fourth-order valence-corrected chi connectivity index (χ4v) is 5.13. The number of anilines is 2. The van der Waals surface area contributed by atoms with Crippen molar-refractivity contribution in [2.75, 3.05) is 29.5 Å². The maximum atomic E-state index is 14.1. The summed E-state index contributed by atoms with van der Waals surface area (Å²) in [7, 11) is 0. The molecular weight excluding hydrogens is 423 g/mol. The number of alkyl halides is 3. The number of halogens is 3. The number of pyridine rings is 1. The predicted octanol–water partition coefficient (Wildman–Crippen LogP) is 2.73. The van der Waals surface area contributed by atoms with Gasteiger partial charge in [-0.2, -0.15) is 18.2 Å². The zero-order chi connectivity index (χ0) is 22.7. The maximum Gasteiger partial charge on any atom is 0.408 e. The van der Waals surface area contributed by atoms with Crippen LogP contribution in [0.3, 0.4) is 0 Å². The van der Waals surface area contributed by atoms with Crippen LogP contribution in [0.4, 0.5) is 24.9 Å². The summed E-state index contributed by atoms with van der Waals surface area (Å²) in [6, 6.07) is 3.47. The van der Waals surface area contributed by atoms with E-state index >= 15 is 0 Å². The molecule has 2 fully saturated rings. The normalized spacial score (nSPS) is 25.3. The van der Waals surface area contributed by atoms with E-state index in [1.165, 1.54) is 15.5 Å². The molecule has 5 rings (SSSR count). The molecule has 0 saturated carbocycles. The Bertz CT molecular complexity index is 1060. The summed E-state index contributed by atoms with van der Waals surface area (Å²) in [4.78, 5) is 24.9. The van der Waals surface area contributed by atoms with E-state index in [1.807, 2.05) is 30.9 Å². The molecule has 0 aliphatic carbocycles. The van der Waals surface area contributed by atoms with Crippen molar-refractivity contribution < 1.29 is 17.9 Å². The number of morpholine rings is 1. The van der Waals surface area contributed by atoms with Crippen LogP contribution >= 0.6 is 0 Å². The second-order valence-electron chi connectivity index (χ2n) is 9.50. The number of hydrogen-bond acceptors (Lipinski definition) is 6. The molecule has 2 aromatic heterocycles. The topological polar surface area (TPSA) is 63.5 Å². The Kier molecular flexibility index (Phi) is 4.96. The van der Waals surface area contributed by atoms with Crippen LogP contribution < -0.4 is 15.4 Å². The smallest absolute Gasteiger partial charge is 0.374 e. The molecular formula is C22H26F3N5O2. The minimum absolute atomic E-state index is 0.00697. The standard InChI is InChI=1S/C22H26F3N5O2/c1-21(2,14-3-6-26-7-4-14)13-30-17(22(23,24)25)5-8-28-19(31)10-18(27-20(28)30)29-11-16-9-15(29)12-32-16/h3-4,6-7,10,15-17H,5,8-9,11-13H2,1-2H3/t15-,16+,17-/m0/s1. The van der Waals surface area contributed by atoms with Gasteiger partial charge in [-0.1, -0.05) is 13.8 Å². The van der Waals surface area contributed by atoms with Gasteiger partial charge < -0.3 is 14.5 Å². The number of ether oxygens (including phenoxy) is 1. The molecule has 172 valence electrons. The highest BCUT2D eigenvalue weighted by molar-refractivity contribution is 5.49. The molecule has 0 unspecified atom stereocenters. The van der Waals surface area contributed by atoms with Gasteiger partial charge in [0.05, 0.1) is 18.8 Å². The van der Waals surface area contributed by atoms with Crippen LogP contribution in [0.1, 0.15) is 32.3 Å². The average Bonchev–Trinajstić information content (AvgIpc) is 3.37. The summed E-state index contributed by atoms with van der Waals surface area (Å²) in [5, 5.41) is 0. The van der Waals surface area contributed by atoms with Gasteiger partial charge in [-0.15, -0.1) is 0 Å². The highest BCUT2D eigenvalue weighted by Gasteiger charge is 2.48. The van der Waals surface area contributed by atoms with Crippen LogP contribution in [0.2, 0.25) is 0 Å². The largest absolute Gasteiger partial charge is 0.408 e. The molecule has 2 saturated heterocycles. The number of fused-ring (bicyclic) bond motifs is 3. The number of rotatable bonds is 4. The van der Waals surface area contributed by atoms with Crippen molar-refractivity contribution in [2.45, 2.75) is 63.0 Å². The van der Waals surface area contributed by atoms with Crippen LogP contribution in [0.15, 0.2) is 35.4 Å². The molecule has 3 atom stereocenters. The summed E-state index contributed by atoms with van der Waals surface area (Å²) < 4.78 is 49.3. The summed E-state index contributed by atoms with van der Waals surface area (Å²) in [6.45, 7) is 5.00. The maximum absolute atomic E-state index is 14.1. The minimum atomic E-state index is -4.44. The Morgan fingerprint density at radius 1 is 1.22 bits per heavy atom. The van der Waals surface area contributed by atoms with Crippen molar-refractivity contribution in [3.8, 4) is 0 Å². The zero-order valence-electron chi connectivity index (χ0n) is 18.0. The summed E-state index contributed by atoms with van der Waals surface area (Å²) in [5.74, 6) is 0.526. The number of aromatic nitrogens is 3. The van der Waals surface area contributed by atoms with E-state index in [4.69, 9.17) is 4.74 Å². The molecule has 5 heterocycles. The van der Waals surface area contributed by atoms with E-state index in [-0.39, 0.29) is 43.2 Å². The van der Waals surface area contributed by atoms with Gasteiger partial charge in [0.15, 0.2) is 0 Å². The molecule has 32 heavy (non-hydrogen) atoms. The summed E-state index contributed by atoms with van der Waals surface area (Å²) in [6.07, 6.45) is -0.420. The Morgan fingerprint density at radius 3 is 2.59 bits per heavy atom. The Hall–Kier alpha value is -2.62. The van der Waals surface area contributed by atoms with Crippen LogP contribution in [-0.2, 0) is 16.7 Å². The second kappa shape index (κ2) is 7.47. The van der Waals surface area contributed by atoms with Crippen LogP contribution in [0.25, 0.3) is 0 Å². The van der Waals surface area contributed by atoms with E-state index in [1.54, 1.807) is 12.4 Å².